The van der Waals surface area contributed by atoms with Crippen LogP contribution in [0.3, 0.4) is 0 Å². The third kappa shape index (κ3) is 3.68. The summed E-state index contributed by atoms with van der Waals surface area (Å²) in [6.45, 7) is 1.96. The molecular formula is C15H15F3N6O. The molecule has 3 rings (SSSR count). The zero-order valence-corrected chi connectivity index (χ0v) is 13.4. The van der Waals surface area contributed by atoms with Crippen LogP contribution in [0, 0.1) is 0 Å². The Kier molecular flexibility index (Phi) is 4.53. The van der Waals surface area contributed by atoms with Gasteiger partial charge in [-0.15, -0.1) is 5.10 Å². The Morgan fingerprint density at radius 2 is 2.04 bits per heavy atom. The van der Waals surface area contributed by atoms with Crippen molar-refractivity contribution in [3.05, 3.63) is 41.9 Å². The lowest BCUT2D eigenvalue weighted by Gasteiger charge is -2.11. The average molecular weight is 352 g/mol. The van der Waals surface area contributed by atoms with Gasteiger partial charge in [-0.25, -0.2) is 4.68 Å². The second-order valence-corrected chi connectivity index (χ2v) is 5.47. The zero-order chi connectivity index (χ0) is 18.0. The van der Waals surface area contributed by atoms with Gasteiger partial charge in [0.2, 0.25) is 0 Å². The number of halogens is 3. The molecule has 7 nitrogen and oxygen atoms in total. The van der Waals surface area contributed by atoms with E-state index in [1.807, 2.05) is 14.0 Å². The number of aromatic nitrogens is 5. The lowest BCUT2D eigenvalue weighted by Crippen LogP contribution is -2.24. The second-order valence-electron chi connectivity index (χ2n) is 5.47. The van der Waals surface area contributed by atoms with Gasteiger partial charge in [-0.1, -0.05) is 22.5 Å². The predicted molar refractivity (Wildman–Crippen MR) is 81.9 cm³/mol. The van der Waals surface area contributed by atoms with Gasteiger partial charge in [-0.05, 0) is 26.1 Å². The van der Waals surface area contributed by atoms with Crippen molar-refractivity contribution in [1.82, 2.24) is 30.5 Å². The molecule has 1 atom stereocenters. The number of nitrogens with one attached hydrogen (secondary N) is 1. The van der Waals surface area contributed by atoms with Crippen LogP contribution in [-0.2, 0) is 12.6 Å². The van der Waals surface area contributed by atoms with Crippen LogP contribution in [-0.4, -0.2) is 38.2 Å². The first-order chi connectivity index (χ1) is 11.9. The lowest BCUT2D eigenvalue weighted by molar-refractivity contribution is -0.137. The summed E-state index contributed by atoms with van der Waals surface area (Å²) in [7, 11) is 1.81. The number of para-hydroxylation sites is 1. The van der Waals surface area contributed by atoms with Gasteiger partial charge in [0.05, 0.1) is 17.4 Å². The van der Waals surface area contributed by atoms with Crippen LogP contribution in [0.2, 0.25) is 0 Å². The Labute approximate surface area is 140 Å². The maximum atomic E-state index is 13.1. The molecule has 1 unspecified atom stereocenters. The molecule has 0 aliphatic rings. The fourth-order valence-electron chi connectivity index (χ4n) is 2.21. The monoisotopic (exact) mass is 352 g/mol. The normalized spacial score (nSPS) is 13.2. The third-order valence-corrected chi connectivity index (χ3v) is 3.62. The Morgan fingerprint density at radius 1 is 1.28 bits per heavy atom. The molecule has 0 aliphatic carbocycles. The zero-order valence-electron chi connectivity index (χ0n) is 13.4. The van der Waals surface area contributed by atoms with Crippen molar-refractivity contribution in [2.75, 3.05) is 7.05 Å². The molecule has 10 heteroatoms. The fraction of sp³-hybridized carbons (Fsp3) is 0.333. The first-order valence-corrected chi connectivity index (χ1v) is 7.47. The van der Waals surface area contributed by atoms with Crippen molar-refractivity contribution >= 4 is 0 Å². The van der Waals surface area contributed by atoms with Crippen molar-refractivity contribution in [3.8, 4) is 17.3 Å². The summed E-state index contributed by atoms with van der Waals surface area (Å²) in [5, 5.41) is 14.5. The third-order valence-electron chi connectivity index (χ3n) is 3.62. The van der Waals surface area contributed by atoms with Gasteiger partial charge in [-0.2, -0.15) is 18.2 Å². The van der Waals surface area contributed by atoms with E-state index in [1.165, 1.54) is 24.4 Å². The van der Waals surface area contributed by atoms with Gasteiger partial charge in [0.15, 0.2) is 11.5 Å². The molecule has 0 saturated heterocycles. The SMILES string of the molecule is CNC(C)Cc1noc(-c2cn(-c3ccccc3C(F)(F)F)nn2)n1. The number of nitrogens with zero attached hydrogens (tertiary/aromatic N) is 5. The summed E-state index contributed by atoms with van der Waals surface area (Å²) in [6, 6.07) is 5.27. The molecule has 0 fully saturated rings. The van der Waals surface area contributed by atoms with Crippen LogP contribution in [0.25, 0.3) is 17.3 Å². The molecule has 0 saturated carbocycles. The van der Waals surface area contributed by atoms with E-state index in [0.29, 0.717) is 12.2 Å². The highest BCUT2D eigenvalue weighted by molar-refractivity contribution is 5.48. The molecule has 3 aromatic rings. The number of benzene rings is 1. The quantitative estimate of drug-likeness (QED) is 0.760. The topological polar surface area (TPSA) is 81.7 Å². The predicted octanol–water partition coefficient (Wildman–Crippen LogP) is 2.49. The minimum atomic E-state index is -4.50. The van der Waals surface area contributed by atoms with E-state index in [9.17, 15) is 13.2 Å². The van der Waals surface area contributed by atoms with Crippen LogP contribution in [0.4, 0.5) is 13.2 Å². The van der Waals surface area contributed by atoms with Crippen molar-refractivity contribution < 1.29 is 17.7 Å². The lowest BCUT2D eigenvalue weighted by atomic mass is 10.1. The van der Waals surface area contributed by atoms with E-state index in [1.54, 1.807) is 0 Å². The maximum Gasteiger partial charge on any atom is 0.418 e. The molecule has 132 valence electrons. The average Bonchev–Trinajstić information content (AvgIpc) is 3.23. The van der Waals surface area contributed by atoms with Crippen LogP contribution < -0.4 is 5.32 Å². The number of hydrogen-bond donors (Lipinski definition) is 1. The summed E-state index contributed by atoms with van der Waals surface area (Å²) in [5.41, 5.74) is -0.731. The summed E-state index contributed by atoms with van der Waals surface area (Å²) >= 11 is 0. The Balaban J connectivity index is 1.89. The minimum absolute atomic E-state index is 0.106. The van der Waals surface area contributed by atoms with Gasteiger partial charge >= 0.3 is 6.18 Å². The molecule has 1 N–H and O–H groups in total. The van der Waals surface area contributed by atoms with Gasteiger partial charge in [0.25, 0.3) is 5.89 Å². The molecule has 0 bridgehead atoms. The van der Waals surface area contributed by atoms with Crippen molar-refractivity contribution in [3.63, 3.8) is 0 Å². The van der Waals surface area contributed by atoms with Crippen molar-refractivity contribution in [2.24, 2.45) is 0 Å². The number of hydrogen-bond acceptors (Lipinski definition) is 6. The maximum absolute atomic E-state index is 13.1. The molecule has 25 heavy (non-hydrogen) atoms. The van der Waals surface area contributed by atoms with Gasteiger partial charge < -0.3 is 9.84 Å². The fourth-order valence-corrected chi connectivity index (χ4v) is 2.21. The molecule has 0 amide bonds. The standard InChI is InChI=1S/C15H15F3N6O/c1-9(19-2)7-13-20-14(25-22-13)11-8-24(23-21-11)12-6-4-3-5-10(12)15(16,17)18/h3-6,8-9,19H,7H2,1-2H3. The number of rotatable bonds is 5. The van der Waals surface area contributed by atoms with Crippen molar-refractivity contribution in [1.29, 1.82) is 0 Å². The Bertz CT molecular complexity index is 857. The molecule has 2 aromatic heterocycles. The van der Waals surface area contributed by atoms with E-state index in [2.05, 4.69) is 25.8 Å². The number of likely N-dealkylation sites (N-methyl/N-ethyl adjacent to an activating group) is 1. The summed E-state index contributed by atoms with van der Waals surface area (Å²) in [5.74, 6) is 0.580. The largest absolute Gasteiger partial charge is 0.418 e. The van der Waals surface area contributed by atoms with Gasteiger partial charge in [0.1, 0.15) is 0 Å². The molecule has 1 aromatic carbocycles. The van der Waals surface area contributed by atoms with E-state index in [0.717, 1.165) is 10.7 Å². The highest BCUT2D eigenvalue weighted by atomic mass is 19.4. The van der Waals surface area contributed by atoms with E-state index < -0.39 is 11.7 Å². The summed E-state index contributed by atoms with van der Waals surface area (Å²) in [4.78, 5) is 4.19. The summed E-state index contributed by atoms with van der Waals surface area (Å²) in [6.07, 6.45) is -2.63. The smallest absolute Gasteiger partial charge is 0.332 e. The Morgan fingerprint density at radius 3 is 2.76 bits per heavy atom. The van der Waals surface area contributed by atoms with Crippen LogP contribution in [0.5, 0.6) is 0 Å². The van der Waals surface area contributed by atoms with Crippen LogP contribution in [0.15, 0.2) is 35.0 Å². The molecule has 0 radical (unpaired) electrons. The minimum Gasteiger partial charge on any atom is -0.332 e. The first-order valence-electron chi connectivity index (χ1n) is 7.47. The summed E-state index contributed by atoms with van der Waals surface area (Å²) < 4.78 is 45.5. The molecular weight excluding hydrogens is 337 g/mol. The molecule has 2 heterocycles. The van der Waals surface area contributed by atoms with Crippen molar-refractivity contribution in [2.45, 2.75) is 25.6 Å². The molecule has 0 spiro atoms. The van der Waals surface area contributed by atoms with E-state index >= 15 is 0 Å². The Hall–Kier alpha value is -2.75. The van der Waals surface area contributed by atoms with Gasteiger partial charge in [0, 0.05) is 12.5 Å². The molecule has 0 aliphatic heterocycles. The second kappa shape index (κ2) is 6.63. The highest BCUT2D eigenvalue weighted by Crippen LogP contribution is 2.33. The number of alkyl halides is 3. The van der Waals surface area contributed by atoms with E-state index in [4.69, 9.17) is 4.52 Å². The van der Waals surface area contributed by atoms with E-state index in [-0.39, 0.29) is 23.3 Å². The van der Waals surface area contributed by atoms with Crippen LogP contribution >= 0.6 is 0 Å². The highest BCUT2D eigenvalue weighted by Gasteiger charge is 2.34. The van der Waals surface area contributed by atoms with Gasteiger partial charge in [-0.3, -0.25) is 0 Å². The first kappa shape index (κ1) is 17.1. The van der Waals surface area contributed by atoms with Crippen LogP contribution in [0.1, 0.15) is 18.3 Å².